The number of hydrogen-bond acceptors (Lipinski definition) is 5. The van der Waals surface area contributed by atoms with Crippen LogP contribution < -0.4 is 5.73 Å². The first-order valence-corrected chi connectivity index (χ1v) is 8.68. The number of hydrogen-bond donors (Lipinski definition) is 2. The summed E-state index contributed by atoms with van der Waals surface area (Å²) >= 11 is 0. The van der Waals surface area contributed by atoms with Gasteiger partial charge in [0.25, 0.3) is 0 Å². The molecule has 3 rings (SSSR count). The Hall–Kier alpha value is -0.980. The van der Waals surface area contributed by atoms with E-state index in [2.05, 4.69) is 16.5 Å². The van der Waals surface area contributed by atoms with E-state index < -0.39 is 0 Å². The van der Waals surface area contributed by atoms with Gasteiger partial charge in [-0.05, 0) is 32.1 Å². The fourth-order valence-corrected chi connectivity index (χ4v) is 3.66. The van der Waals surface area contributed by atoms with Crippen molar-refractivity contribution in [2.24, 2.45) is 5.73 Å². The molecule has 0 aromatic carbocycles. The summed E-state index contributed by atoms with van der Waals surface area (Å²) in [6, 6.07) is -0.0366. The minimum Gasteiger partial charge on any atom is -0.394 e. The SMILES string of the molecule is N[C@@H]1CC[C@@H](CCn2cc(C3CCCCC3)nn2)O[C@H]1CO. The van der Waals surface area contributed by atoms with Crippen LogP contribution in [0.3, 0.4) is 0 Å². The zero-order valence-electron chi connectivity index (χ0n) is 13.2. The molecule has 0 bridgehead atoms. The monoisotopic (exact) mass is 308 g/mol. The van der Waals surface area contributed by atoms with E-state index in [1.54, 1.807) is 0 Å². The first kappa shape index (κ1) is 15.9. The largest absolute Gasteiger partial charge is 0.394 e. The third kappa shape index (κ3) is 3.86. The second-order valence-corrected chi connectivity index (χ2v) is 6.75. The highest BCUT2D eigenvalue weighted by atomic mass is 16.5. The predicted octanol–water partition coefficient (Wildman–Crippen LogP) is 1.58. The van der Waals surface area contributed by atoms with Crippen LogP contribution >= 0.6 is 0 Å². The molecule has 1 saturated heterocycles. The van der Waals surface area contributed by atoms with Crippen molar-refractivity contribution in [3.63, 3.8) is 0 Å². The van der Waals surface area contributed by atoms with Crippen LogP contribution in [0.5, 0.6) is 0 Å². The van der Waals surface area contributed by atoms with E-state index in [9.17, 15) is 5.11 Å². The lowest BCUT2D eigenvalue weighted by Crippen LogP contribution is -2.46. The molecule has 124 valence electrons. The fourth-order valence-electron chi connectivity index (χ4n) is 3.66. The van der Waals surface area contributed by atoms with E-state index >= 15 is 0 Å². The Balaban J connectivity index is 1.48. The van der Waals surface area contributed by atoms with Crippen LogP contribution in [0.1, 0.15) is 63.0 Å². The van der Waals surface area contributed by atoms with Crippen LogP contribution in [0.15, 0.2) is 6.20 Å². The predicted molar refractivity (Wildman–Crippen MR) is 83.4 cm³/mol. The van der Waals surface area contributed by atoms with Crippen molar-refractivity contribution in [2.75, 3.05) is 6.61 Å². The molecule has 2 heterocycles. The maximum absolute atomic E-state index is 9.28. The van der Waals surface area contributed by atoms with E-state index in [0.717, 1.165) is 31.5 Å². The summed E-state index contributed by atoms with van der Waals surface area (Å²) in [6.45, 7) is 0.824. The van der Waals surface area contributed by atoms with Crippen molar-refractivity contribution in [1.82, 2.24) is 15.0 Å². The Morgan fingerprint density at radius 3 is 2.82 bits per heavy atom. The Morgan fingerprint density at radius 1 is 1.23 bits per heavy atom. The first-order valence-electron chi connectivity index (χ1n) is 8.68. The van der Waals surface area contributed by atoms with Crippen molar-refractivity contribution in [3.05, 3.63) is 11.9 Å². The van der Waals surface area contributed by atoms with Crippen molar-refractivity contribution >= 4 is 0 Å². The molecular formula is C16H28N4O2. The smallest absolute Gasteiger partial charge is 0.0959 e. The summed E-state index contributed by atoms with van der Waals surface area (Å²) in [5.74, 6) is 0.602. The number of nitrogens with two attached hydrogens (primary N) is 1. The Kier molecular flexibility index (Phi) is 5.44. The van der Waals surface area contributed by atoms with Gasteiger partial charge in [-0.1, -0.05) is 24.5 Å². The molecule has 1 aliphatic carbocycles. The van der Waals surface area contributed by atoms with Crippen molar-refractivity contribution in [2.45, 2.75) is 82.1 Å². The van der Waals surface area contributed by atoms with Gasteiger partial charge < -0.3 is 15.6 Å². The van der Waals surface area contributed by atoms with Gasteiger partial charge in [0.15, 0.2) is 0 Å². The topological polar surface area (TPSA) is 86.2 Å². The van der Waals surface area contributed by atoms with Gasteiger partial charge in [-0.25, -0.2) is 0 Å². The van der Waals surface area contributed by atoms with Crippen LogP contribution in [-0.2, 0) is 11.3 Å². The highest BCUT2D eigenvalue weighted by Gasteiger charge is 2.28. The number of ether oxygens (including phenoxy) is 1. The summed E-state index contributed by atoms with van der Waals surface area (Å²) in [5, 5.41) is 17.9. The summed E-state index contributed by atoms with van der Waals surface area (Å²) < 4.78 is 7.80. The van der Waals surface area contributed by atoms with E-state index in [4.69, 9.17) is 10.5 Å². The highest BCUT2D eigenvalue weighted by Crippen LogP contribution is 2.31. The zero-order valence-corrected chi connectivity index (χ0v) is 13.2. The van der Waals surface area contributed by atoms with Gasteiger partial charge in [-0.15, -0.1) is 5.10 Å². The lowest BCUT2D eigenvalue weighted by atomic mass is 9.87. The molecule has 0 radical (unpaired) electrons. The van der Waals surface area contributed by atoms with E-state index in [-0.39, 0.29) is 24.9 Å². The second-order valence-electron chi connectivity index (χ2n) is 6.75. The molecular weight excluding hydrogens is 280 g/mol. The number of aryl methyl sites for hydroxylation is 1. The van der Waals surface area contributed by atoms with Crippen LogP contribution in [0, 0.1) is 0 Å². The average molecular weight is 308 g/mol. The molecule has 6 nitrogen and oxygen atoms in total. The van der Waals surface area contributed by atoms with Crippen LogP contribution in [-0.4, -0.2) is 45.0 Å². The van der Waals surface area contributed by atoms with Crippen LogP contribution in [0.2, 0.25) is 0 Å². The lowest BCUT2D eigenvalue weighted by molar-refractivity contribution is -0.0861. The average Bonchev–Trinajstić information content (AvgIpc) is 3.04. The molecule has 3 N–H and O–H groups in total. The third-order valence-corrected chi connectivity index (χ3v) is 5.11. The molecule has 2 aliphatic rings. The summed E-state index contributed by atoms with van der Waals surface area (Å²) in [5.41, 5.74) is 7.08. The van der Waals surface area contributed by atoms with Crippen molar-refractivity contribution in [1.29, 1.82) is 0 Å². The summed E-state index contributed by atoms with van der Waals surface area (Å²) in [6.07, 6.45) is 11.3. The molecule has 0 amide bonds. The van der Waals surface area contributed by atoms with E-state index in [1.807, 2.05) is 4.68 Å². The third-order valence-electron chi connectivity index (χ3n) is 5.11. The Bertz CT molecular complexity index is 459. The molecule has 6 heteroatoms. The van der Waals surface area contributed by atoms with Gasteiger partial charge in [-0.3, -0.25) is 4.68 Å². The fraction of sp³-hybridized carbons (Fsp3) is 0.875. The molecule has 22 heavy (non-hydrogen) atoms. The van der Waals surface area contributed by atoms with E-state index in [1.165, 1.54) is 32.1 Å². The van der Waals surface area contributed by atoms with Crippen LogP contribution in [0.4, 0.5) is 0 Å². The van der Waals surface area contributed by atoms with Gasteiger partial charge in [0.1, 0.15) is 0 Å². The van der Waals surface area contributed by atoms with Gasteiger partial charge in [0.05, 0.1) is 24.5 Å². The molecule has 2 fully saturated rings. The van der Waals surface area contributed by atoms with Crippen LogP contribution in [0.25, 0.3) is 0 Å². The highest BCUT2D eigenvalue weighted by molar-refractivity contribution is 5.02. The van der Waals surface area contributed by atoms with Gasteiger partial charge in [-0.2, -0.15) is 0 Å². The number of rotatable bonds is 5. The van der Waals surface area contributed by atoms with E-state index in [0.29, 0.717) is 5.92 Å². The Labute approximate surface area is 132 Å². The number of aliphatic hydroxyl groups excluding tert-OH is 1. The summed E-state index contributed by atoms with van der Waals surface area (Å²) in [7, 11) is 0. The Morgan fingerprint density at radius 2 is 2.05 bits per heavy atom. The summed E-state index contributed by atoms with van der Waals surface area (Å²) in [4.78, 5) is 0. The zero-order chi connectivity index (χ0) is 15.4. The lowest BCUT2D eigenvalue weighted by Gasteiger charge is -2.33. The minimum atomic E-state index is -0.215. The standard InChI is InChI=1S/C16H28N4O2/c17-14-7-6-13(22-16(14)11-21)8-9-20-10-15(18-19-20)12-4-2-1-3-5-12/h10,12-14,16,21H,1-9,11,17H2/t13-,14+,16-/m0/s1. The molecule has 1 saturated carbocycles. The van der Waals surface area contributed by atoms with Crippen molar-refractivity contribution < 1.29 is 9.84 Å². The minimum absolute atomic E-state index is 0.00677. The molecule has 0 spiro atoms. The number of aliphatic hydroxyl groups is 1. The first-order chi connectivity index (χ1) is 10.8. The maximum atomic E-state index is 9.28. The molecule has 1 aromatic heterocycles. The molecule has 1 aliphatic heterocycles. The maximum Gasteiger partial charge on any atom is 0.0959 e. The van der Waals surface area contributed by atoms with Gasteiger partial charge >= 0.3 is 0 Å². The number of aromatic nitrogens is 3. The van der Waals surface area contributed by atoms with Crippen molar-refractivity contribution in [3.8, 4) is 0 Å². The molecule has 1 aromatic rings. The molecule has 3 atom stereocenters. The quantitative estimate of drug-likeness (QED) is 0.862. The second kappa shape index (κ2) is 7.53. The molecule has 0 unspecified atom stereocenters. The number of nitrogens with zero attached hydrogens (tertiary/aromatic N) is 3. The normalized spacial score (nSPS) is 30.5. The van der Waals surface area contributed by atoms with Gasteiger partial charge in [0.2, 0.25) is 0 Å². The van der Waals surface area contributed by atoms with Gasteiger partial charge in [0, 0.05) is 24.7 Å².